The highest BCUT2D eigenvalue weighted by molar-refractivity contribution is 6.74. The van der Waals surface area contributed by atoms with E-state index in [1.54, 1.807) is 12.2 Å². The van der Waals surface area contributed by atoms with Crippen molar-refractivity contribution in [3.8, 4) is 0 Å². The maximum atomic E-state index is 13.8. The number of hydrogen-bond donors (Lipinski definition) is 1. The molecule has 0 unspecified atom stereocenters. The van der Waals surface area contributed by atoms with E-state index in [9.17, 15) is 19.5 Å². The molecular weight excluding hydrogens is 444 g/mol. The van der Waals surface area contributed by atoms with Crippen LogP contribution in [0.1, 0.15) is 67.2 Å². The topological polar surface area (TPSA) is 80.7 Å². The van der Waals surface area contributed by atoms with Crippen molar-refractivity contribution in [2.24, 2.45) is 34.5 Å². The van der Waals surface area contributed by atoms with Crippen LogP contribution in [0.25, 0.3) is 0 Å². The minimum Gasteiger partial charge on any atom is -0.409 e. The maximum Gasteiger partial charge on any atom is 0.192 e. The molecular formula is C28H42O5Si. The molecule has 3 saturated carbocycles. The van der Waals surface area contributed by atoms with Gasteiger partial charge in [-0.05, 0) is 67.3 Å². The molecule has 34 heavy (non-hydrogen) atoms. The molecule has 0 aliphatic heterocycles. The second-order valence-corrected chi connectivity index (χ2v) is 18.2. The smallest absolute Gasteiger partial charge is 0.192 e. The molecule has 0 aromatic rings. The molecule has 0 heterocycles. The Morgan fingerprint density at radius 3 is 2.50 bits per heavy atom. The van der Waals surface area contributed by atoms with Crippen molar-refractivity contribution in [1.29, 1.82) is 0 Å². The first-order valence-electron chi connectivity index (χ1n) is 12.9. The highest BCUT2D eigenvalue weighted by Gasteiger charge is 2.68. The van der Waals surface area contributed by atoms with Crippen molar-refractivity contribution in [3.05, 3.63) is 23.8 Å². The highest BCUT2D eigenvalue weighted by atomic mass is 28.4. The summed E-state index contributed by atoms with van der Waals surface area (Å²) < 4.78 is 6.20. The van der Waals surface area contributed by atoms with Gasteiger partial charge in [0, 0.05) is 23.2 Å². The monoisotopic (exact) mass is 486 g/mol. The lowest BCUT2D eigenvalue weighted by atomic mass is 9.45. The molecule has 3 fully saturated rings. The van der Waals surface area contributed by atoms with E-state index >= 15 is 0 Å². The van der Waals surface area contributed by atoms with Crippen LogP contribution in [0.15, 0.2) is 23.8 Å². The van der Waals surface area contributed by atoms with Gasteiger partial charge in [-0.25, -0.2) is 0 Å². The lowest BCUT2D eigenvalue weighted by Crippen LogP contribution is -2.61. The first-order valence-corrected chi connectivity index (χ1v) is 15.8. The predicted molar refractivity (Wildman–Crippen MR) is 135 cm³/mol. The molecule has 4 aliphatic carbocycles. The van der Waals surface area contributed by atoms with Gasteiger partial charge in [0.05, 0.1) is 6.61 Å². The molecule has 0 spiro atoms. The molecule has 4 aliphatic rings. The number of aliphatic hydroxyl groups is 1. The van der Waals surface area contributed by atoms with E-state index in [1.807, 2.05) is 13.0 Å². The van der Waals surface area contributed by atoms with Gasteiger partial charge in [-0.1, -0.05) is 53.2 Å². The zero-order valence-corrected chi connectivity index (χ0v) is 23.2. The lowest BCUT2D eigenvalue weighted by Gasteiger charge is -2.58. The third kappa shape index (κ3) is 3.50. The number of carbonyl (C=O) groups excluding carboxylic acids is 3. The summed E-state index contributed by atoms with van der Waals surface area (Å²) in [6.45, 7) is 16.7. The van der Waals surface area contributed by atoms with E-state index in [4.69, 9.17) is 4.43 Å². The summed E-state index contributed by atoms with van der Waals surface area (Å²) in [6, 6.07) is 0. The lowest BCUT2D eigenvalue weighted by molar-refractivity contribution is -0.169. The summed E-state index contributed by atoms with van der Waals surface area (Å²) in [6.07, 6.45) is 7.40. The number of carbonyl (C=O) groups is 3. The second-order valence-electron chi connectivity index (χ2n) is 13.4. The van der Waals surface area contributed by atoms with Crippen LogP contribution in [0.5, 0.6) is 0 Å². The number of Topliss-reactive ketones (excluding diaryl/α,β-unsaturated/α-hetero) is 2. The highest BCUT2D eigenvalue weighted by Crippen LogP contribution is 2.66. The molecule has 188 valence electrons. The Labute approximate surface area is 205 Å². The largest absolute Gasteiger partial charge is 0.409 e. The molecule has 5 nitrogen and oxygen atoms in total. The summed E-state index contributed by atoms with van der Waals surface area (Å²) in [7, 11) is -2.15. The molecule has 0 bridgehead atoms. The number of ketones is 3. The molecule has 1 N–H and O–H groups in total. The fourth-order valence-electron chi connectivity index (χ4n) is 7.50. The van der Waals surface area contributed by atoms with E-state index in [1.165, 1.54) is 0 Å². The summed E-state index contributed by atoms with van der Waals surface area (Å²) in [5.74, 6) is -0.0181. The van der Waals surface area contributed by atoms with E-state index in [0.717, 1.165) is 18.4 Å². The Hall–Kier alpha value is -1.37. The van der Waals surface area contributed by atoms with Gasteiger partial charge >= 0.3 is 0 Å². The first-order chi connectivity index (χ1) is 15.5. The van der Waals surface area contributed by atoms with Crippen molar-refractivity contribution in [1.82, 2.24) is 0 Å². The maximum absolute atomic E-state index is 13.8. The third-order valence-electron chi connectivity index (χ3n) is 10.6. The van der Waals surface area contributed by atoms with Gasteiger partial charge < -0.3 is 9.53 Å². The zero-order chi connectivity index (χ0) is 25.5. The SMILES string of the molecule is C[C@H]1C[C@H]2[C@@H]3CC[C@](O)(C(=O)CO[Si](C)(C)C(C)(C)C)[C@@]3(C)CC(=O)[C@@H]2[C@]2(C)C=CC(=O)C=C12. The van der Waals surface area contributed by atoms with Crippen molar-refractivity contribution in [2.75, 3.05) is 6.61 Å². The van der Waals surface area contributed by atoms with Crippen molar-refractivity contribution >= 4 is 25.7 Å². The molecule has 0 amide bonds. The Bertz CT molecular complexity index is 987. The van der Waals surface area contributed by atoms with E-state index in [0.29, 0.717) is 6.42 Å². The van der Waals surface area contributed by atoms with Gasteiger partial charge in [0.2, 0.25) is 0 Å². The Kier molecular flexibility index (Phi) is 5.91. The fourth-order valence-corrected chi connectivity index (χ4v) is 8.43. The van der Waals surface area contributed by atoms with Crippen LogP contribution in [0, 0.1) is 34.5 Å². The fraction of sp³-hybridized carbons (Fsp3) is 0.750. The van der Waals surface area contributed by atoms with Crippen LogP contribution in [0.4, 0.5) is 0 Å². The van der Waals surface area contributed by atoms with Gasteiger partial charge in [-0.2, -0.15) is 0 Å². The van der Waals surface area contributed by atoms with Gasteiger partial charge in [-0.15, -0.1) is 0 Å². The van der Waals surface area contributed by atoms with Crippen molar-refractivity contribution in [2.45, 2.75) is 91.0 Å². The van der Waals surface area contributed by atoms with Crippen LogP contribution in [-0.4, -0.2) is 43.0 Å². The molecule has 6 heteroatoms. The van der Waals surface area contributed by atoms with E-state index in [-0.39, 0.29) is 59.1 Å². The summed E-state index contributed by atoms with van der Waals surface area (Å²) >= 11 is 0. The molecule has 4 rings (SSSR count). The number of allylic oxidation sites excluding steroid dienone is 4. The normalized spacial score (nSPS) is 42.1. The molecule has 0 radical (unpaired) electrons. The van der Waals surface area contributed by atoms with Gasteiger partial charge in [-0.3, -0.25) is 14.4 Å². The van der Waals surface area contributed by atoms with E-state index < -0.39 is 24.7 Å². The Balaban J connectivity index is 1.63. The van der Waals surface area contributed by atoms with Crippen LogP contribution in [0.2, 0.25) is 18.1 Å². The average molecular weight is 487 g/mol. The summed E-state index contributed by atoms with van der Waals surface area (Å²) in [5, 5.41) is 11.9. The molecule has 0 aromatic carbocycles. The predicted octanol–water partition coefficient (Wildman–Crippen LogP) is 5.04. The quantitative estimate of drug-likeness (QED) is 0.563. The minimum atomic E-state index is -2.15. The van der Waals surface area contributed by atoms with Crippen LogP contribution in [-0.2, 0) is 18.8 Å². The second kappa shape index (κ2) is 7.81. The van der Waals surface area contributed by atoms with Gasteiger partial charge in [0.15, 0.2) is 19.9 Å². The van der Waals surface area contributed by atoms with E-state index in [2.05, 4.69) is 47.7 Å². The van der Waals surface area contributed by atoms with Crippen molar-refractivity contribution in [3.63, 3.8) is 0 Å². The summed E-state index contributed by atoms with van der Waals surface area (Å²) in [4.78, 5) is 39.4. The third-order valence-corrected chi connectivity index (χ3v) is 15.0. The zero-order valence-electron chi connectivity index (χ0n) is 22.2. The number of hydrogen-bond acceptors (Lipinski definition) is 5. The first kappa shape index (κ1) is 25.7. The number of rotatable bonds is 4. The average Bonchev–Trinajstić information content (AvgIpc) is 2.98. The Morgan fingerprint density at radius 2 is 1.88 bits per heavy atom. The van der Waals surface area contributed by atoms with Gasteiger partial charge in [0.1, 0.15) is 11.4 Å². The minimum absolute atomic E-state index is 0.00607. The molecule has 0 aromatic heterocycles. The van der Waals surface area contributed by atoms with Crippen LogP contribution < -0.4 is 0 Å². The van der Waals surface area contributed by atoms with Gasteiger partial charge in [0.25, 0.3) is 0 Å². The van der Waals surface area contributed by atoms with Crippen LogP contribution >= 0.6 is 0 Å². The molecule has 7 atom stereocenters. The molecule has 0 saturated heterocycles. The Morgan fingerprint density at radius 1 is 1.24 bits per heavy atom. The summed E-state index contributed by atoms with van der Waals surface area (Å²) in [5.41, 5.74) is -1.74. The van der Waals surface area contributed by atoms with Crippen molar-refractivity contribution < 1.29 is 23.9 Å². The number of fused-ring (bicyclic) bond motifs is 5. The standard InChI is InChI=1S/C28H42O5Si/c1-17-13-19-20-10-12-28(32,23(31)16-33-34(7,8)25(2,3)4)27(20,6)15-22(30)24(19)26(5)11-9-18(29)14-21(17)26/h9,11,14,17,19-20,24,32H,10,12-13,15-16H2,1-8H3/t17-,19-,20-,24+,26+,27-,28-/m0/s1. The van der Waals surface area contributed by atoms with Crippen LogP contribution in [0.3, 0.4) is 0 Å².